The molecule has 0 radical (unpaired) electrons. The van der Waals surface area contributed by atoms with Crippen molar-refractivity contribution in [1.29, 1.82) is 0 Å². The van der Waals surface area contributed by atoms with E-state index < -0.39 is 22.2 Å². The fourth-order valence-corrected chi connectivity index (χ4v) is 5.91. The number of fused-ring (bicyclic) bond motifs is 1. The average Bonchev–Trinajstić information content (AvgIpc) is 3.29. The molecule has 0 bridgehead atoms. The molecule has 0 saturated heterocycles. The highest BCUT2D eigenvalue weighted by Crippen LogP contribution is 2.30. The summed E-state index contributed by atoms with van der Waals surface area (Å²) in [6.07, 6.45) is -0.616. The van der Waals surface area contributed by atoms with E-state index in [-0.39, 0.29) is 54.6 Å². The molecule has 43 heavy (non-hydrogen) atoms. The van der Waals surface area contributed by atoms with Crippen LogP contribution in [0, 0.1) is 26.7 Å². The maximum absolute atomic E-state index is 13.5. The van der Waals surface area contributed by atoms with E-state index in [1.807, 2.05) is 13.8 Å². The molecule has 1 aliphatic heterocycles. The van der Waals surface area contributed by atoms with E-state index in [0.29, 0.717) is 28.5 Å². The first-order valence-corrected chi connectivity index (χ1v) is 15.5. The molecule has 1 aromatic heterocycles. The first-order valence-electron chi connectivity index (χ1n) is 14.0. The summed E-state index contributed by atoms with van der Waals surface area (Å²) < 4.78 is 40.3. The van der Waals surface area contributed by atoms with Gasteiger partial charge in [0.05, 0.1) is 30.5 Å². The number of carbonyl (C=O) groups excluding carboxylic acids is 2. The number of hydrogen-bond acceptors (Lipinski definition) is 8. The Kier molecular flexibility index (Phi) is 9.65. The lowest BCUT2D eigenvalue weighted by Crippen LogP contribution is -2.48. The number of amides is 3. The largest absolute Gasteiger partial charge is 0.488 e. The van der Waals surface area contributed by atoms with Crippen LogP contribution in [0.15, 0.2) is 51.9 Å². The molecule has 232 valence electrons. The fraction of sp³-hybridized carbons (Fsp3) is 0.433. The summed E-state index contributed by atoms with van der Waals surface area (Å²) in [5.41, 5.74) is 2.74. The number of aliphatic hydroxyl groups is 1. The van der Waals surface area contributed by atoms with Crippen molar-refractivity contribution >= 4 is 33.3 Å². The summed E-state index contributed by atoms with van der Waals surface area (Å²) in [5.74, 6) is 0.419. The first-order chi connectivity index (χ1) is 20.3. The standard InChI is InChI=1S/C30H39N5O7S/c1-18-7-10-25(11-8-18)43(39,40)33-24-9-12-26-23(13-24)14-28(37)35(20(3)17-36)15-19(2)27(41-26)16-34(6)30(38)31-29-21(4)32-42-22(29)5/h7-13,19-20,27,33,36H,14-17H2,1-6H3,(H,31,38)/t19-,20+,27+/m1/s1. The second-order valence-electron chi connectivity index (χ2n) is 11.1. The monoisotopic (exact) mass is 613 g/mol. The van der Waals surface area contributed by atoms with E-state index in [1.165, 1.54) is 17.0 Å². The minimum atomic E-state index is -3.88. The third-order valence-corrected chi connectivity index (χ3v) is 8.96. The Morgan fingerprint density at radius 1 is 1.19 bits per heavy atom. The predicted molar refractivity (Wildman–Crippen MR) is 162 cm³/mol. The van der Waals surface area contributed by atoms with Gasteiger partial charge in [0.1, 0.15) is 23.2 Å². The highest BCUT2D eigenvalue weighted by Gasteiger charge is 2.32. The summed E-state index contributed by atoms with van der Waals surface area (Å²) >= 11 is 0. The third kappa shape index (κ3) is 7.46. The first kappa shape index (κ1) is 31.8. The quantitative estimate of drug-likeness (QED) is 0.347. The maximum Gasteiger partial charge on any atom is 0.321 e. The molecular weight excluding hydrogens is 574 g/mol. The Labute approximate surface area is 252 Å². The highest BCUT2D eigenvalue weighted by atomic mass is 32.2. The van der Waals surface area contributed by atoms with E-state index in [1.54, 1.807) is 63.1 Å². The van der Waals surface area contributed by atoms with Gasteiger partial charge in [0, 0.05) is 30.8 Å². The number of likely N-dealkylation sites (N-methyl/N-ethyl adjacent to an activating group) is 1. The van der Waals surface area contributed by atoms with Gasteiger partial charge in [0.25, 0.3) is 10.0 Å². The van der Waals surface area contributed by atoms with Crippen LogP contribution < -0.4 is 14.8 Å². The van der Waals surface area contributed by atoms with Crippen LogP contribution in [0.4, 0.5) is 16.2 Å². The van der Waals surface area contributed by atoms with Crippen LogP contribution >= 0.6 is 0 Å². The van der Waals surface area contributed by atoms with Crippen LogP contribution in [0.25, 0.3) is 0 Å². The summed E-state index contributed by atoms with van der Waals surface area (Å²) in [7, 11) is -2.24. The third-order valence-electron chi connectivity index (χ3n) is 7.57. The van der Waals surface area contributed by atoms with Gasteiger partial charge in [0.15, 0.2) is 5.76 Å². The van der Waals surface area contributed by atoms with E-state index in [4.69, 9.17) is 9.26 Å². The van der Waals surface area contributed by atoms with Gasteiger partial charge in [-0.3, -0.25) is 9.52 Å². The summed E-state index contributed by atoms with van der Waals surface area (Å²) in [4.78, 5) is 29.8. The van der Waals surface area contributed by atoms with Gasteiger partial charge in [-0.25, -0.2) is 13.2 Å². The molecule has 13 heteroatoms. The molecule has 2 heterocycles. The summed E-state index contributed by atoms with van der Waals surface area (Å²) in [5, 5.41) is 16.6. The molecule has 3 aromatic rings. The van der Waals surface area contributed by atoms with Crippen LogP contribution in [0.1, 0.15) is 36.4 Å². The van der Waals surface area contributed by atoms with Crippen molar-refractivity contribution in [3.05, 3.63) is 65.0 Å². The molecule has 4 rings (SSSR count). The van der Waals surface area contributed by atoms with Crippen LogP contribution in [0.3, 0.4) is 0 Å². The average molecular weight is 614 g/mol. The number of aryl methyl sites for hydroxylation is 3. The number of benzene rings is 2. The van der Waals surface area contributed by atoms with Gasteiger partial charge in [-0.2, -0.15) is 0 Å². The van der Waals surface area contributed by atoms with E-state index in [2.05, 4.69) is 15.2 Å². The van der Waals surface area contributed by atoms with Crippen LogP contribution in [-0.4, -0.2) is 79.3 Å². The molecule has 1 aliphatic rings. The molecule has 0 unspecified atom stereocenters. The SMILES string of the molecule is Cc1ccc(S(=O)(=O)Nc2ccc3c(c2)CC(=O)N([C@@H](C)CO)C[C@@H](C)[C@H](CN(C)C(=O)Nc2c(C)noc2C)O3)cc1. The van der Waals surface area contributed by atoms with Crippen molar-refractivity contribution < 1.29 is 32.4 Å². The molecule has 12 nitrogen and oxygen atoms in total. The van der Waals surface area contributed by atoms with Crippen molar-refractivity contribution in [2.24, 2.45) is 5.92 Å². The molecular formula is C30H39N5O7S. The smallest absolute Gasteiger partial charge is 0.321 e. The van der Waals surface area contributed by atoms with E-state index in [0.717, 1.165) is 5.56 Å². The molecule has 3 N–H and O–H groups in total. The molecule has 2 aromatic carbocycles. The van der Waals surface area contributed by atoms with Gasteiger partial charge >= 0.3 is 6.03 Å². The van der Waals surface area contributed by atoms with Crippen LogP contribution in [0.2, 0.25) is 0 Å². The lowest BCUT2D eigenvalue weighted by Gasteiger charge is -2.34. The van der Waals surface area contributed by atoms with Crippen molar-refractivity contribution in [3.8, 4) is 5.75 Å². The number of carbonyl (C=O) groups is 2. The van der Waals surface area contributed by atoms with Gasteiger partial charge in [-0.15, -0.1) is 0 Å². The van der Waals surface area contributed by atoms with E-state index >= 15 is 0 Å². The molecule has 3 atom stereocenters. The van der Waals surface area contributed by atoms with Crippen molar-refractivity contribution in [3.63, 3.8) is 0 Å². The fourth-order valence-electron chi connectivity index (χ4n) is 4.86. The van der Waals surface area contributed by atoms with Crippen LogP contribution in [-0.2, 0) is 21.2 Å². The normalized spacial score (nSPS) is 18.0. The van der Waals surface area contributed by atoms with Crippen molar-refractivity contribution in [2.45, 2.75) is 58.1 Å². The number of nitrogens with zero attached hydrogens (tertiary/aromatic N) is 3. The Hall–Kier alpha value is -4.10. The summed E-state index contributed by atoms with van der Waals surface area (Å²) in [6.45, 7) is 9.22. The second kappa shape index (κ2) is 13.0. The van der Waals surface area contributed by atoms with Crippen molar-refractivity contribution in [2.75, 3.05) is 36.8 Å². The molecule has 0 aliphatic carbocycles. The maximum atomic E-state index is 13.5. The lowest BCUT2D eigenvalue weighted by molar-refractivity contribution is -0.134. The molecule has 0 saturated carbocycles. The lowest BCUT2D eigenvalue weighted by atomic mass is 10.0. The number of hydrogen-bond donors (Lipinski definition) is 3. The number of anilines is 2. The summed E-state index contributed by atoms with van der Waals surface area (Å²) in [6, 6.07) is 10.4. The number of aromatic nitrogens is 1. The van der Waals surface area contributed by atoms with Gasteiger partial charge in [-0.1, -0.05) is 29.8 Å². The second-order valence-corrected chi connectivity index (χ2v) is 12.8. The zero-order valence-electron chi connectivity index (χ0n) is 25.2. The Morgan fingerprint density at radius 3 is 2.51 bits per heavy atom. The number of urea groups is 1. The van der Waals surface area contributed by atoms with E-state index in [9.17, 15) is 23.1 Å². The minimum Gasteiger partial charge on any atom is -0.488 e. The Balaban J connectivity index is 1.62. The Morgan fingerprint density at radius 2 is 1.88 bits per heavy atom. The van der Waals surface area contributed by atoms with Gasteiger partial charge in [-0.05, 0) is 58.0 Å². The van der Waals surface area contributed by atoms with Crippen LogP contribution in [0.5, 0.6) is 5.75 Å². The van der Waals surface area contributed by atoms with Gasteiger partial charge < -0.3 is 29.5 Å². The molecule has 0 spiro atoms. The number of sulfonamides is 1. The minimum absolute atomic E-state index is 0.0679. The number of nitrogens with one attached hydrogen (secondary N) is 2. The predicted octanol–water partition coefficient (Wildman–Crippen LogP) is 3.71. The van der Waals surface area contributed by atoms with Crippen molar-refractivity contribution in [1.82, 2.24) is 15.0 Å². The molecule has 3 amide bonds. The molecule has 0 fully saturated rings. The number of rotatable bonds is 8. The van der Waals surface area contributed by atoms with Gasteiger partial charge in [0.2, 0.25) is 5.91 Å². The number of ether oxygens (including phenoxy) is 1. The highest BCUT2D eigenvalue weighted by molar-refractivity contribution is 7.92. The Bertz CT molecular complexity index is 1550. The zero-order chi connectivity index (χ0) is 31.5. The zero-order valence-corrected chi connectivity index (χ0v) is 26.1. The number of aliphatic hydroxyl groups excluding tert-OH is 1. The topological polar surface area (TPSA) is 154 Å².